The lowest BCUT2D eigenvalue weighted by Gasteiger charge is -2.50. The van der Waals surface area contributed by atoms with Crippen LogP contribution in [0.25, 0.3) is 0 Å². The van der Waals surface area contributed by atoms with E-state index < -0.39 is 0 Å². The Morgan fingerprint density at radius 2 is 1.88 bits per heavy atom. The Morgan fingerprint density at radius 3 is 2.41 bits per heavy atom. The first-order valence-corrected chi connectivity index (χ1v) is 7.25. The molecule has 2 heteroatoms. The normalized spacial score (nSPS) is 31.2. The van der Waals surface area contributed by atoms with Gasteiger partial charge in [0.25, 0.3) is 0 Å². The fourth-order valence-electron chi connectivity index (χ4n) is 3.11. The van der Waals surface area contributed by atoms with Crippen molar-refractivity contribution >= 4 is 0 Å². The number of nitrogens with one attached hydrogen (secondary N) is 1. The molecule has 0 aromatic heterocycles. The van der Waals surface area contributed by atoms with Crippen LogP contribution >= 0.6 is 0 Å². The minimum absolute atomic E-state index is 0.477. The van der Waals surface area contributed by atoms with Gasteiger partial charge >= 0.3 is 0 Å². The van der Waals surface area contributed by atoms with E-state index in [1.807, 2.05) is 0 Å². The van der Waals surface area contributed by atoms with Crippen LogP contribution in [-0.2, 0) is 0 Å². The summed E-state index contributed by atoms with van der Waals surface area (Å²) in [5.41, 5.74) is 0.969. The second-order valence-corrected chi connectivity index (χ2v) is 7.88. The second kappa shape index (κ2) is 4.55. The van der Waals surface area contributed by atoms with Crippen LogP contribution in [0.5, 0.6) is 0 Å². The number of hydrogen-bond acceptors (Lipinski definition) is 2. The molecule has 2 aliphatic heterocycles. The molecule has 0 aromatic rings. The Bertz CT molecular complexity index is 259. The Kier molecular flexibility index (Phi) is 3.57. The molecule has 2 saturated heterocycles. The molecule has 17 heavy (non-hydrogen) atoms. The lowest BCUT2D eigenvalue weighted by Crippen LogP contribution is -2.59. The minimum Gasteiger partial charge on any atom is -0.312 e. The van der Waals surface area contributed by atoms with E-state index in [1.165, 1.54) is 39.0 Å². The average molecular weight is 238 g/mol. The van der Waals surface area contributed by atoms with Crippen LogP contribution in [0.1, 0.15) is 47.5 Å². The van der Waals surface area contributed by atoms with Crippen LogP contribution in [0.3, 0.4) is 0 Å². The van der Waals surface area contributed by atoms with Crippen molar-refractivity contribution in [3.63, 3.8) is 0 Å². The van der Waals surface area contributed by atoms with Gasteiger partial charge in [0.1, 0.15) is 0 Å². The molecule has 2 aliphatic rings. The second-order valence-electron chi connectivity index (χ2n) is 7.88. The first-order valence-electron chi connectivity index (χ1n) is 7.25. The average Bonchev–Trinajstić information content (AvgIpc) is 2.09. The van der Waals surface area contributed by atoms with E-state index in [0.717, 1.165) is 5.92 Å². The quantitative estimate of drug-likeness (QED) is 0.796. The van der Waals surface area contributed by atoms with E-state index >= 15 is 0 Å². The Hall–Kier alpha value is -0.0800. The first-order chi connectivity index (χ1) is 7.79. The molecule has 0 amide bonds. The van der Waals surface area contributed by atoms with E-state index in [-0.39, 0.29) is 0 Å². The maximum atomic E-state index is 3.72. The zero-order chi connectivity index (χ0) is 12.7. The largest absolute Gasteiger partial charge is 0.312 e. The van der Waals surface area contributed by atoms with Crippen molar-refractivity contribution in [1.82, 2.24) is 10.2 Å². The van der Waals surface area contributed by atoms with Crippen LogP contribution in [0.15, 0.2) is 0 Å². The molecule has 1 unspecified atom stereocenters. The van der Waals surface area contributed by atoms with E-state index in [4.69, 9.17) is 0 Å². The summed E-state index contributed by atoms with van der Waals surface area (Å²) in [5.74, 6) is 0.897. The van der Waals surface area contributed by atoms with Gasteiger partial charge in [0.2, 0.25) is 0 Å². The van der Waals surface area contributed by atoms with E-state index in [1.54, 1.807) is 0 Å². The molecule has 1 atom stereocenters. The zero-order valence-electron chi connectivity index (χ0n) is 12.3. The topological polar surface area (TPSA) is 15.3 Å². The summed E-state index contributed by atoms with van der Waals surface area (Å²) in [7, 11) is 0. The van der Waals surface area contributed by atoms with E-state index in [2.05, 4.69) is 44.8 Å². The summed E-state index contributed by atoms with van der Waals surface area (Å²) < 4.78 is 0. The number of hydrogen-bond donors (Lipinski definition) is 1. The fourth-order valence-corrected chi connectivity index (χ4v) is 3.11. The van der Waals surface area contributed by atoms with Gasteiger partial charge in [0.05, 0.1) is 0 Å². The molecule has 2 rings (SSSR count). The molecule has 100 valence electrons. The molecule has 2 fully saturated rings. The Morgan fingerprint density at radius 1 is 1.24 bits per heavy atom. The van der Waals surface area contributed by atoms with Gasteiger partial charge in [-0.1, -0.05) is 34.6 Å². The van der Waals surface area contributed by atoms with Gasteiger partial charge in [-0.2, -0.15) is 0 Å². The van der Waals surface area contributed by atoms with Crippen molar-refractivity contribution in [3.05, 3.63) is 0 Å². The van der Waals surface area contributed by atoms with Gasteiger partial charge < -0.3 is 10.2 Å². The predicted octanol–water partition coefficient (Wildman–Crippen LogP) is 2.74. The third-order valence-corrected chi connectivity index (χ3v) is 4.95. The molecule has 0 aliphatic carbocycles. The van der Waals surface area contributed by atoms with Crippen LogP contribution in [0.4, 0.5) is 0 Å². The van der Waals surface area contributed by atoms with Crippen molar-refractivity contribution in [3.8, 4) is 0 Å². The summed E-state index contributed by atoms with van der Waals surface area (Å²) in [4.78, 5) is 2.64. The van der Waals surface area contributed by atoms with Crippen molar-refractivity contribution < 1.29 is 0 Å². The molecular formula is C15H30N2. The summed E-state index contributed by atoms with van der Waals surface area (Å²) in [6.45, 7) is 17.0. The van der Waals surface area contributed by atoms with Crippen molar-refractivity contribution in [1.29, 1.82) is 0 Å². The Balaban J connectivity index is 1.80. The monoisotopic (exact) mass is 238 g/mol. The summed E-state index contributed by atoms with van der Waals surface area (Å²) in [6, 6.07) is 0.692. The molecular weight excluding hydrogens is 208 g/mol. The highest BCUT2D eigenvalue weighted by molar-refractivity contribution is 4.95. The minimum atomic E-state index is 0.477. The predicted molar refractivity (Wildman–Crippen MR) is 74.2 cm³/mol. The smallest absolute Gasteiger partial charge is 0.0246 e. The summed E-state index contributed by atoms with van der Waals surface area (Å²) in [6.07, 6.45) is 2.72. The lowest BCUT2D eigenvalue weighted by atomic mass is 9.74. The van der Waals surface area contributed by atoms with Gasteiger partial charge in [-0.25, -0.2) is 0 Å². The Labute approximate surface area is 107 Å². The molecule has 1 N–H and O–H groups in total. The molecule has 2 nitrogen and oxygen atoms in total. The molecule has 0 aromatic carbocycles. The number of likely N-dealkylation sites (tertiary alicyclic amines) is 1. The van der Waals surface area contributed by atoms with Crippen LogP contribution in [0.2, 0.25) is 0 Å². The molecule has 2 heterocycles. The third-order valence-electron chi connectivity index (χ3n) is 4.95. The van der Waals surface area contributed by atoms with E-state index in [0.29, 0.717) is 16.9 Å². The number of rotatable bonds is 2. The maximum Gasteiger partial charge on any atom is 0.0246 e. The van der Waals surface area contributed by atoms with E-state index in [9.17, 15) is 0 Å². The van der Waals surface area contributed by atoms with Gasteiger partial charge in [-0.3, -0.25) is 0 Å². The molecule has 0 radical (unpaired) electrons. The molecule has 0 saturated carbocycles. The summed E-state index contributed by atoms with van der Waals surface area (Å²) >= 11 is 0. The number of nitrogens with zero attached hydrogens (tertiary/aromatic N) is 1. The highest BCUT2D eigenvalue weighted by Crippen LogP contribution is 2.36. The first kappa shape index (κ1) is 13.4. The fraction of sp³-hybridized carbons (Fsp3) is 1.00. The van der Waals surface area contributed by atoms with Crippen LogP contribution < -0.4 is 5.32 Å². The molecule has 0 spiro atoms. The summed E-state index contributed by atoms with van der Waals surface area (Å²) in [5, 5.41) is 3.72. The standard InChI is InChI=1S/C15H30N2/c1-14(2,3)12-9-17(10-12)11-13-15(4,5)7-6-8-16-13/h12-13,16H,6-11H2,1-5H3. The van der Waals surface area contributed by atoms with Crippen LogP contribution in [0, 0.1) is 16.7 Å². The van der Waals surface area contributed by atoms with Gasteiger partial charge in [-0.15, -0.1) is 0 Å². The zero-order valence-corrected chi connectivity index (χ0v) is 12.3. The van der Waals surface area contributed by atoms with Gasteiger partial charge in [-0.05, 0) is 36.1 Å². The van der Waals surface area contributed by atoms with Gasteiger partial charge in [0, 0.05) is 25.7 Å². The van der Waals surface area contributed by atoms with Crippen molar-refractivity contribution in [2.24, 2.45) is 16.7 Å². The van der Waals surface area contributed by atoms with Crippen molar-refractivity contribution in [2.75, 3.05) is 26.2 Å². The lowest BCUT2D eigenvalue weighted by molar-refractivity contribution is 0.00165. The third kappa shape index (κ3) is 3.03. The van der Waals surface area contributed by atoms with Crippen molar-refractivity contribution in [2.45, 2.75) is 53.5 Å². The molecule has 0 bridgehead atoms. The van der Waals surface area contributed by atoms with Crippen LogP contribution in [-0.4, -0.2) is 37.1 Å². The maximum absolute atomic E-state index is 3.72. The highest BCUT2D eigenvalue weighted by atomic mass is 15.2. The highest BCUT2D eigenvalue weighted by Gasteiger charge is 2.39. The number of piperidine rings is 1. The van der Waals surface area contributed by atoms with Gasteiger partial charge in [0.15, 0.2) is 0 Å². The SMILES string of the molecule is CC(C)(C)C1CN(CC2NCCCC2(C)C)C1.